The van der Waals surface area contributed by atoms with Gasteiger partial charge in [-0.2, -0.15) is 5.10 Å². The van der Waals surface area contributed by atoms with E-state index in [0.717, 1.165) is 26.5 Å². The zero-order valence-electron chi connectivity index (χ0n) is 11.8. The van der Waals surface area contributed by atoms with Gasteiger partial charge in [0.05, 0.1) is 22.3 Å². The number of hydrogen-bond donors (Lipinski definition) is 0. The minimum Gasteiger partial charge on any atom is -0.481 e. The van der Waals surface area contributed by atoms with E-state index in [-0.39, 0.29) is 5.78 Å². The van der Waals surface area contributed by atoms with Gasteiger partial charge >= 0.3 is 0 Å². The Hall–Kier alpha value is -1.27. The van der Waals surface area contributed by atoms with Crippen molar-refractivity contribution in [2.75, 3.05) is 5.75 Å². The van der Waals surface area contributed by atoms with Crippen molar-refractivity contribution in [3.8, 4) is 5.75 Å². The lowest BCUT2D eigenvalue weighted by atomic mass is 10.1. The Morgan fingerprint density at radius 1 is 1.52 bits per heavy atom. The van der Waals surface area contributed by atoms with Crippen LogP contribution in [0.15, 0.2) is 33.6 Å². The molecule has 6 heteroatoms. The first-order valence-electron chi connectivity index (χ1n) is 6.65. The van der Waals surface area contributed by atoms with Crippen LogP contribution in [0.2, 0.25) is 0 Å². The smallest absolute Gasteiger partial charge is 0.180 e. The zero-order valence-corrected chi connectivity index (χ0v) is 14.2. The summed E-state index contributed by atoms with van der Waals surface area (Å²) in [5, 5.41) is 4.32. The van der Waals surface area contributed by atoms with Crippen molar-refractivity contribution in [1.82, 2.24) is 9.78 Å². The molecule has 1 aliphatic rings. The molecule has 3 rings (SSSR count). The molecule has 1 aromatic heterocycles. The van der Waals surface area contributed by atoms with Crippen LogP contribution in [0.4, 0.5) is 0 Å². The van der Waals surface area contributed by atoms with Crippen LogP contribution >= 0.6 is 27.7 Å². The van der Waals surface area contributed by atoms with Gasteiger partial charge in [-0.25, -0.2) is 0 Å². The maximum atomic E-state index is 12.5. The molecule has 0 fully saturated rings. The van der Waals surface area contributed by atoms with Gasteiger partial charge in [0.1, 0.15) is 5.75 Å². The molecule has 2 aromatic rings. The Kier molecular flexibility index (Phi) is 4.08. The van der Waals surface area contributed by atoms with Gasteiger partial charge in [-0.05, 0) is 35.0 Å². The fraction of sp³-hybridized carbons (Fsp3) is 0.333. The van der Waals surface area contributed by atoms with Gasteiger partial charge in [-0.1, -0.05) is 12.1 Å². The number of rotatable bonds is 3. The third-order valence-corrected chi connectivity index (χ3v) is 5.62. The van der Waals surface area contributed by atoms with Crippen molar-refractivity contribution in [3.05, 3.63) is 40.1 Å². The van der Waals surface area contributed by atoms with Gasteiger partial charge in [0.2, 0.25) is 0 Å². The second kappa shape index (κ2) is 5.85. The van der Waals surface area contributed by atoms with Crippen LogP contribution in [0.1, 0.15) is 11.4 Å². The predicted octanol–water partition coefficient (Wildman–Crippen LogP) is 3.16. The van der Waals surface area contributed by atoms with Gasteiger partial charge in [0, 0.05) is 17.7 Å². The third kappa shape index (κ3) is 2.87. The zero-order chi connectivity index (χ0) is 15.0. The number of benzene rings is 1. The summed E-state index contributed by atoms with van der Waals surface area (Å²) in [5.41, 5.74) is 1.79. The number of halogens is 1. The quantitative estimate of drug-likeness (QED) is 0.836. The standard InChI is InChI=1S/C15H15BrN2O2S/c1-9-15(16)10(18(2)17-9)7-11(19)13-8-21-14-6-4-3-5-12(14)20-13/h3-6,13H,7-8H2,1-2H3. The fourth-order valence-electron chi connectivity index (χ4n) is 2.33. The number of thioether (sulfide) groups is 1. The van der Waals surface area contributed by atoms with Crippen molar-refractivity contribution in [3.63, 3.8) is 0 Å². The maximum absolute atomic E-state index is 12.5. The first-order valence-corrected chi connectivity index (χ1v) is 8.43. The molecule has 0 spiro atoms. The number of carbonyl (C=O) groups is 1. The minimum atomic E-state index is -0.396. The average molecular weight is 367 g/mol. The van der Waals surface area contributed by atoms with E-state index in [4.69, 9.17) is 4.74 Å². The number of carbonyl (C=O) groups excluding carboxylic acids is 1. The number of para-hydroxylation sites is 1. The number of ether oxygens (including phenoxy) is 1. The topological polar surface area (TPSA) is 44.1 Å². The van der Waals surface area contributed by atoms with Crippen LogP contribution in [0.5, 0.6) is 5.75 Å². The molecule has 1 unspecified atom stereocenters. The van der Waals surface area contributed by atoms with Gasteiger partial charge in [0.15, 0.2) is 11.9 Å². The van der Waals surface area contributed by atoms with Crippen LogP contribution < -0.4 is 4.74 Å². The third-order valence-electron chi connectivity index (χ3n) is 3.47. The Labute approximate surface area is 136 Å². The molecule has 0 saturated carbocycles. The molecular formula is C15H15BrN2O2S. The van der Waals surface area contributed by atoms with Crippen molar-refractivity contribution >= 4 is 33.5 Å². The molecule has 0 N–H and O–H groups in total. The molecule has 1 aliphatic heterocycles. The van der Waals surface area contributed by atoms with Crippen molar-refractivity contribution in [1.29, 1.82) is 0 Å². The Bertz CT molecular complexity index is 699. The number of aromatic nitrogens is 2. The van der Waals surface area contributed by atoms with E-state index in [1.54, 1.807) is 16.4 Å². The van der Waals surface area contributed by atoms with Crippen LogP contribution in [0.3, 0.4) is 0 Å². The molecule has 2 heterocycles. The molecule has 110 valence electrons. The molecule has 21 heavy (non-hydrogen) atoms. The molecule has 0 bridgehead atoms. The van der Waals surface area contributed by atoms with E-state index >= 15 is 0 Å². The van der Waals surface area contributed by atoms with Crippen molar-refractivity contribution in [2.45, 2.75) is 24.3 Å². The largest absolute Gasteiger partial charge is 0.481 e. The Morgan fingerprint density at radius 2 is 2.29 bits per heavy atom. The number of nitrogens with zero attached hydrogens (tertiary/aromatic N) is 2. The molecule has 1 atom stereocenters. The predicted molar refractivity (Wildman–Crippen MR) is 85.9 cm³/mol. The first-order chi connectivity index (χ1) is 10.1. The first kappa shape index (κ1) is 14.7. The average Bonchev–Trinajstić information content (AvgIpc) is 2.73. The van der Waals surface area contributed by atoms with Gasteiger partial charge in [0.25, 0.3) is 0 Å². The fourth-order valence-corrected chi connectivity index (χ4v) is 3.82. The van der Waals surface area contributed by atoms with Crippen LogP contribution in [-0.4, -0.2) is 27.4 Å². The summed E-state index contributed by atoms with van der Waals surface area (Å²) < 4.78 is 8.49. The number of Topliss-reactive ketones (excluding diaryl/α,β-unsaturated/α-hetero) is 1. The van der Waals surface area contributed by atoms with E-state index < -0.39 is 6.10 Å². The molecule has 0 radical (unpaired) electrons. The highest BCUT2D eigenvalue weighted by Gasteiger charge is 2.28. The van der Waals surface area contributed by atoms with Crippen LogP contribution in [0, 0.1) is 6.92 Å². The van der Waals surface area contributed by atoms with E-state index in [1.807, 2.05) is 38.2 Å². The molecular weight excluding hydrogens is 352 g/mol. The highest BCUT2D eigenvalue weighted by Crippen LogP contribution is 2.35. The van der Waals surface area contributed by atoms with Gasteiger partial charge < -0.3 is 4.74 Å². The van der Waals surface area contributed by atoms with E-state index in [2.05, 4.69) is 21.0 Å². The van der Waals surface area contributed by atoms with Crippen LogP contribution in [0.25, 0.3) is 0 Å². The lowest BCUT2D eigenvalue weighted by Crippen LogP contribution is -2.33. The molecule has 4 nitrogen and oxygen atoms in total. The lowest BCUT2D eigenvalue weighted by Gasteiger charge is -2.24. The molecule has 0 aliphatic carbocycles. The monoisotopic (exact) mass is 366 g/mol. The lowest BCUT2D eigenvalue weighted by molar-refractivity contribution is -0.124. The number of hydrogen-bond acceptors (Lipinski definition) is 4. The number of ketones is 1. The van der Waals surface area contributed by atoms with E-state index in [0.29, 0.717) is 12.2 Å². The van der Waals surface area contributed by atoms with Crippen molar-refractivity contribution in [2.24, 2.45) is 7.05 Å². The Balaban J connectivity index is 1.75. The summed E-state index contributed by atoms with van der Waals surface area (Å²) in [6.45, 7) is 1.92. The molecule has 1 aromatic carbocycles. The SMILES string of the molecule is Cc1nn(C)c(CC(=O)C2CSc3ccccc3O2)c1Br. The maximum Gasteiger partial charge on any atom is 0.180 e. The van der Waals surface area contributed by atoms with Gasteiger partial charge in [-0.15, -0.1) is 11.8 Å². The second-order valence-corrected chi connectivity index (χ2v) is 6.83. The van der Waals surface area contributed by atoms with Crippen LogP contribution in [-0.2, 0) is 18.3 Å². The van der Waals surface area contributed by atoms with E-state index in [1.165, 1.54) is 0 Å². The van der Waals surface area contributed by atoms with Crippen molar-refractivity contribution < 1.29 is 9.53 Å². The van der Waals surface area contributed by atoms with Gasteiger partial charge in [-0.3, -0.25) is 9.48 Å². The summed E-state index contributed by atoms with van der Waals surface area (Å²) in [4.78, 5) is 13.6. The molecule has 0 saturated heterocycles. The second-order valence-electron chi connectivity index (χ2n) is 4.98. The summed E-state index contributed by atoms with van der Waals surface area (Å²) in [6, 6.07) is 7.83. The summed E-state index contributed by atoms with van der Waals surface area (Å²) in [6.07, 6.45) is -0.0716. The Morgan fingerprint density at radius 3 is 3.00 bits per heavy atom. The summed E-state index contributed by atoms with van der Waals surface area (Å²) in [7, 11) is 1.85. The summed E-state index contributed by atoms with van der Waals surface area (Å²) >= 11 is 5.17. The number of fused-ring (bicyclic) bond motifs is 1. The normalized spacial score (nSPS) is 17.2. The summed E-state index contributed by atoms with van der Waals surface area (Å²) in [5.74, 6) is 1.54. The highest BCUT2D eigenvalue weighted by atomic mass is 79.9. The molecule has 0 amide bonds. The minimum absolute atomic E-state index is 0.0840. The number of aryl methyl sites for hydroxylation is 2. The van der Waals surface area contributed by atoms with E-state index in [9.17, 15) is 4.79 Å². The highest BCUT2D eigenvalue weighted by molar-refractivity contribution is 9.10.